The van der Waals surface area contributed by atoms with E-state index in [1.54, 1.807) is 6.92 Å². The molecule has 1 unspecified atom stereocenters. The summed E-state index contributed by atoms with van der Waals surface area (Å²) in [5.41, 5.74) is -0.637. The maximum atomic E-state index is 12.9. The number of benzene rings is 1. The number of carbonyl (C=O) groups is 2. The van der Waals surface area contributed by atoms with Crippen LogP contribution in [0.25, 0.3) is 0 Å². The van der Waals surface area contributed by atoms with Crippen molar-refractivity contribution < 1.29 is 27.5 Å². The molecule has 2 fully saturated rings. The van der Waals surface area contributed by atoms with Gasteiger partial charge in [-0.3, -0.25) is 9.59 Å². The van der Waals surface area contributed by atoms with Gasteiger partial charge in [0.05, 0.1) is 24.3 Å². The molecular formula is C17H21ClF3N3O3. The number of amides is 2. The maximum absolute atomic E-state index is 12.9. The van der Waals surface area contributed by atoms with Crippen molar-refractivity contribution in [3.05, 3.63) is 29.8 Å². The fourth-order valence-corrected chi connectivity index (χ4v) is 3.22. The Bertz CT molecular complexity index is 701. The molecule has 0 bridgehead atoms. The van der Waals surface area contributed by atoms with Crippen LogP contribution < -0.4 is 15.5 Å². The lowest BCUT2D eigenvalue weighted by molar-refractivity contribution is -0.137. The van der Waals surface area contributed by atoms with Crippen LogP contribution >= 0.6 is 12.4 Å². The standard InChI is InChI=1S/C17H20F3N3O3.ClH/c1-10-15(21-5-6-26-10)16(25)22-12-8-14(24)23(9-12)13-4-2-3-11(7-13)17(18,19)20;/h2-4,7,10,12,15,21H,5-6,8-9H2,1H3,(H,22,25);1H/t10-,12?,15+;/m1./s1. The minimum atomic E-state index is -4.48. The molecule has 0 aliphatic carbocycles. The number of alkyl halides is 3. The summed E-state index contributed by atoms with van der Waals surface area (Å²) in [7, 11) is 0. The number of rotatable bonds is 3. The summed E-state index contributed by atoms with van der Waals surface area (Å²) < 4.78 is 44.0. The Morgan fingerprint density at radius 2 is 2.11 bits per heavy atom. The van der Waals surface area contributed by atoms with Crippen LogP contribution in [-0.4, -0.2) is 49.7 Å². The molecule has 27 heavy (non-hydrogen) atoms. The van der Waals surface area contributed by atoms with Gasteiger partial charge < -0.3 is 20.3 Å². The van der Waals surface area contributed by atoms with Crippen LogP contribution in [0.1, 0.15) is 18.9 Å². The molecule has 2 heterocycles. The highest BCUT2D eigenvalue weighted by Crippen LogP contribution is 2.32. The van der Waals surface area contributed by atoms with Crippen molar-refractivity contribution in [2.24, 2.45) is 0 Å². The number of hydrogen-bond acceptors (Lipinski definition) is 4. The van der Waals surface area contributed by atoms with E-state index in [1.807, 2.05) is 0 Å². The summed E-state index contributed by atoms with van der Waals surface area (Å²) in [4.78, 5) is 25.9. The van der Waals surface area contributed by atoms with Gasteiger partial charge in [-0.25, -0.2) is 0 Å². The highest BCUT2D eigenvalue weighted by Gasteiger charge is 2.36. The number of morpholine rings is 1. The third-order valence-corrected chi connectivity index (χ3v) is 4.56. The van der Waals surface area contributed by atoms with Crippen LogP contribution in [0, 0.1) is 0 Å². The summed E-state index contributed by atoms with van der Waals surface area (Å²) in [5.74, 6) is -0.601. The molecule has 1 aromatic carbocycles. The van der Waals surface area contributed by atoms with Crippen LogP contribution in [-0.2, 0) is 20.5 Å². The minimum absolute atomic E-state index is 0. The number of nitrogens with zero attached hydrogens (tertiary/aromatic N) is 1. The fraction of sp³-hybridized carbons (Fsp3) is 0.529. The predicted molar refractivity (Wildman–Crippen MR) is 94.8 cm³/mol. The number of hydrogen-bond donors (Lipinski definition) is 2. The van der Waals surface area contributed by atoms with Gasteiger partial charge in [-0.1, -0.05) is 6.07 Å². The predicted octanol–water partition coefficient (Wildman–Crippen LogP) is 1.73. The van der Waals surface area contributed by atoms with Gasteiger partial charge in [0.15, 0.2) is 0 Å². The number of carbonyl (C=O) groups excluding carboxylic acids is 2. The van der Waals surface area contributed by atoms with E-state index in [0.717, 1.165) is 12.1 Å². The Balaban J connectivity index is 0.00000261. The first kappa shape index (κ1) is 21.5. The first-order valence-electron chi connectivity index (χ1n) is 8.38. The van der Waals surface area contributed by atoms with Gasteiger partial charge in [-0.15, -0.1) is 12.4 Å². The third-order valence-electron chi connectivity index (χ3n) is 4.56. The summed E-state index contributed by atoms with van der Waals surface area (Å²) in [6.45, 7) is 3.00. The van der Waals surface area contributed by atoms with Gasteiger partial charge in [-0.2, -0.15) is 13.2 Å². The van der Waals surface area contributed by atoms with Crippen molar-refractivity contribution in [1.82, 2.24) is 10.6 Å². The van der Waals surface area contributed by atoms with Crippen LogP contribution in [0.2, 0.25) is 0 Å². The van der Waals surface area contributed by atoms with E-state index >= 15 is 0 Å². The number of ether oxygens (including phenoxy) is 1. The normalized spacial score (nSPS) is 25.9. The van der Waals surface area contributed by atoms with Crippen molar-refractivity contribution >= 4 is 29.9 Å². The summed E-state index contributed by atoms with van der Waals surface area (Å²) in [5, 5.41) is 5.85. The van der Waals surface area contributed by atoms with Gasteiger partial charge in [0.2, 0.25) is 11.8 Å². The lowest BCUT2D eigenvalue weighted by Crippen LogP contribution is -2.57. The molecule has 3 atom stereocenters. The van der Waals surface area contributed by atoms with Crippen LogP contribution in [0.3, 0.4) is 0 Å². The number of anilines is 1. The monoisotopic (exact) mass is 407 g/mol. The zero-order valence-corrected chi connectivity index (χ0v) is 15.4. The minimum Gasteiger partial charge on any atom is -0.375 e. The Hall–Kier alpha value is -1.84. The van der Waals surface area contributed by atoms with Crippen molar-refractivity contribution in [1.29, 1.82) is 0 Å². The summed E-state index contributed by atoms with van der Waals surface area (Å²) in [6, 6.07) is 3.65. The van der Waals surface area contributed by atoms with E-state index < -0.39 is 23.8 Å². The van der Waals surface area contributed by atoms with Crippen molar-refractivity contribution in [3.8, 4) is 0 Å². The topological polar surface area (TPSA) is 70.7 Å². The smallest absolute Gasteiger partial charge is 0.375 e. The van der Waals surface area contributed by atoms with Gasteiger partial charge in [-0.05, 0) is 25.1 Å². The maximum Gasteiger partial charge on any atom is 0.416 e. The molecule has 2 amide bonds. The van der Waals surface area contributed by atoms with E-state index in [1.165, 1.54) is 17.0 Å². The van der Waals surface area contributed by atoms with Gasteiger partial charge in [0.1, 0.15) is 6.04 Å². The summed E-state index contributed by atoms with van der Waals surface area (Å²) in [6.07, 6.45) is -4.72. The molecule has 0 spiro atoms. The zero-order valence-electron chi connectivity index (χ0n) is 14.6. The molecule has 2 saturated heterocycles. The molecule has 10 heteroatoms. The van der Waals surface area contributed by atoms with Crippen molar-refractivity contribution in [3.63, 3.8) is 0 Å². The zero-order chi connectivity index (χ0) is 18.9. The molecule has 6 nitrogen and oxygen atoms in total. The molecule has 2 aliphatic rings. The Morgan fingerprint density at radius 1 is 1.37 bits per heavy atom. The molecule has 0 radical (unpaired) electrons. The van der Waals surface area contributed by atoms with E-state index in [4.69, 9.17) is 4.74 Å². The number of halogens is 4. The van der Waals surface area contributed by atoms with Gasteiger partial charge >= 0.3 is 6.18 Å². The molecule has 2 aliphatic heterocycles. The van der Waals surface area contributed by atoms with Crippen LogP contribution in [0.15, 0.2) is 24.3 Å². The second kappa shape index (κ2) is 8.45. The first-order chi connectivity index (χ1) is 12.3. The Kier molecular flexibility index (Phi) is 6.72. The van der Waals surface area contributed by atoms with Gasteiger partial charge in [0.25, 0.3) is 0 Å². The SMILES string of the molecule is C[C@H]1OCCN[C@@H]1C(=O)NC1CC(=O)N(c2cccc(C(F)(F)F)c2)C1.Cl. The molecule has 0 aromatic heterocycles. The lowest BCUT2D eigenvalue weighted by atomic mass is 10.1. The molecule has 150 valence electrons. The third kappa shape index (κ3) is 4.91. The van der Waals surface area contributed by atoms with E-state index in [9.17, 15) is 22.8 Å². The Morgan fingerprint density at radius 3 is 2.78 bits per heavy atom. The quantitative estimate of drug-likeness (QED) is 0.800. The van der Waals surface area contributed by atoms with E-state index in [-0.39, 0.29) is 49.0 Å². The molecule has 3 rings (SSSR count). The highest BCUT2D eigenvalue weighted by atomic mass is 35.5. The summed E-state index contributed by atoms with van der Waals surface area (Å²) >= 11 is 0. The largest absolute Gasteiger partial charge is 0.416 e. The van der Waals surface area contributed by atoms with Crippen LogP contribution in [0.5, 0.6) is 0 Å². The average molecular weight is 408 g/mol. The lowest BCUT2D eigenvalue weighted by Gasteiger charge is -2.30. The second-order valence-corrected chi connectivity index (χ2v) is 6.47. The molecule has 1 aromatic rings. The molecule has 0 saturated carbocycles. The molecular weight excluding hydrogens is 387 g/mol. The van der Waals surface area contributed by atoms with Crippen LogP contribution in [0.4, 0.5) is 18.9 Å². The first-order valence-corrected chi connectivity index (χ1v) is 8.38. The van der Waals surface area contributed by atoms with Gasteiger partial charge in [0, 0.05) is 25.2 Å². The van der Waals surface area contributed by atoms with E-state index in [2.05, 4.69) is 10.6 Å². The fourth-order valence-electron chi connectivity index (χ4n) is 3.22. The van der Waals surface area contributed by atoms with E-state index in [0.29, 0.717) is 13.2 Å². The van der Waals surface area contributed by atoms with Crippen molar-refractivity contribution in [2.75, 3.05) is 24.6 Å². The Labute approximate surface area is 160 Å². The highest BCUT2D eigenvalue weighted by molar-refractivity contribution is 5.97. The van der Waals surface area contributed by atoms with Crippen molar-refractivity contribution in [2.45, 2.75) is 37.7 Å². The molecule has 2 N–H and O–H groups in total. The average Bonchev–Trinajstić information content (AvgIpc) is 2.95. The number of nitrogens with one attached hydrogen (secondary N) is 2. The second-order valence-electron chi connectivity index (χ2n) is 6.47.